The summed E-state index contributed by atoms with van der Waals surface area (Å²) in [5.41, 5.74) is 3.97. The highest BCUT2D eigenvalue weighted by Gasteiger charge is 2.14. The maximum Gasteiger partial charge on any atom is 0.254 e. The molecular weight excluding hydrogens is 336 g/mol. The number of hydrogen-bond acceptors (Lipinski definition) is 3. The van der Waals surface area contributed by atoms with E-state index in [1.165, 1.54) is 37.1 Å². The lowest BCUT2D eigenvalue weighted by Gasteiger charge is -2.17. The first-order valence-electron chi connectivity index (χ1n) is 9.47. The van der Waals surface area contributed by atoms with Crippen molar-refractivity contribution in [2.45, 2.75) is 25.9 Å². The van der Waals surface area contributed by atoms with Gasteiger partial charge in [0.1, 0.15) is 0 Å². The maximum absolute atomic E-state index is 12.5. The lowest BCUT2D eigenvalue weighted by molar-refractivity contribution is 0.0950. The summed E-state index contributed by atoms with van der Waals surface area (Å²) in [5, 5.41) is 7.33. The van der Waals surface area contributed by atoms with Crippen LogP contribution in [0.25, 0.3) is 5.69 Å². The van der Waals surface area contributed by atoms with Gasteiger partial charge in [0, 0.05) is 19.3 Å². The highest BCUT2D eigenvalue weighted by atomic mass is 16.1. The van der Waals surface area contributed by atoms with E-state index in [0.717, 1.165) is 12.2 Å². The molecule has 1 amide bonds. The second-order valence-corrected chi connectivity index (χ2v) is 6.94. The van der Waals surface area contributed by atoms with Crippen molar-refractivity contribution >= 4 is 5.91 Å². The standard InChI is InChI=1S/C22H24N4O/c27-22(20-15-24-26(17-20)21-10-2-1-3-11-21)23-14-18-8-4-5-9-19(18)16-25-12-6-7-13-25/h1-5,8-11,15,17H,6-7,12-14,16H2,(H,23,27). The van der Waals surface area contributed by atoms with Gasteiger partial charge in [0.05, 0.1) is 17.4 Å². The predicted molar refractivity (Wildman–Crippen MR) is 106 cm³/mol. The summed E-state index contributed by atoms with van der Waals surface area (Å²) in [5.74, 6) is -0.104. The molecule has 0 aliphatic carbocycles. The molecule has 1 aliphatic rings. The number of carbonyl (C=O) groups excluding carboxylic acids is 1. The number of carbonyl (C=O) groups is 1. The Morgan fingerprint density at radius 3 is 2.44 bits per heavy atom. The number of likely N-dealkylation sites (tertiary alicyclic amines) is 1. The van der Waals surface area contributed by atoms with E-state index in [2.05, 4.69) is 33.5 Å². The van der Waals surface area contributed by atoms with E-state index in [4.69, 9.17) is 0 Å². The van der Waals surface area contributed by atoms with Crippen LogP contribution in [0.15, 0.2) is 67.0 Å². The van der Waals surface area contributed by atoms with Gasteiger partial charge in [-0.05, 0) is 49.2 Å². The van der Waals surface area contributed by atoms with Crippen molar-refractivity contribution in [3.8, 4) is 5.69 Å². The van der Waals surface area contributed by atoms with Gasteiger partial charge >= 0.3 is 0 Å². The summed E-state index contributed by atoms with van der Waals surface area (Å²) in [6.07, 6.45) is 5.94. The molecule has 1 aromatic heterocycles. The first kappa shape index (κ1) is 17.5. The van der Waals surface area contributed by atoms with Crippen molar-refractivity contribution in [3.63, 3.8) is 0 Å². The van der Waals surface area contributed by atoms with E-state index >= 15 is 0 Å². The van der Waals surface area contributed by atoms with Crippen molar-refractivity contribution in [1.82, 2.24) is 20.0 Å². The molecule has 5 heteroatoms. The monoisotopic (exact) mass is 360 g/mol. The van der Waals surface area contributed by atoms with E-state index < -0.39 is 0 Å². The first-order valence-corrected chi connectivity index (χ1v) is 9.47. The number of para-hydroxylation sites is 1. The van der Waals surface area contributed by atoms with E-state index in [0.29, 0.717) is 12.1 Å². The third-order valence-corrected chi connectivity index (χ3v) is 5.02. The Kier molecular flexibility index (Phi) is 5.30. The van der Waals surface area contributed by atoms with Crippen molar-refractivity contribution in [2.24, 2.45) is 0 Å². The van der Waals surface area contributed by atoms with Crippen molar-refractivity contribution in [1.29, 1.82) is 0 Å². The molecule has 0 unspecified atom stereocenters. The molecule has 1 saturated heterocycles. The normalized spacial score (nSPS) is 14.4. The van der Waals surface area contributed by atoms with Crippen LogP contribution in [0.3, 0.4) is 0 Å². The zero-order chi connectivity index (χ0) is 18.5. The van der Waals surface area contributed by atoms with Crippen LogP contribution in [-0.4, -0.2) is 33.7 Å². The maximum atomic E-state index is 12.5. The smallest absolute Gasteiger partial charge is 0.254 e. The minimum Gasteiger partial charge on any atom is -0.348 e. The van der Waals surface area contributed by atoms with Crippen LogP contribution in [-0.2, 0) is 13.1 Å². The third-order valence-electron chi connectivity index (χ3n) is 5.02. The molecule has 3 aromatic rings. The summed E-state index contributed by atoms with van der Waals surface area (Å²) < 4.78 is 1.72. The van der Waals surface area contributed by atoms with Gasteiger partial charge in [-0.25, -0.2) is 4.68 Å². The second kappa shape index (κ2) is 8.18. The highest BCUT2D eigenvalue weighted by molar-refractivity contribution is 5.93. The van der Waals surface area contributed by atoms with E-state index in [1.807, 2.05) is 36.4 Å². The second-order valence-electron chi connectivity index (χ2n) is 6.94. The fourth-order valence-electron chi connectivity index (χ4n) is 3.51. The van der Waals surface area contributed by atoms with Crippen LogP contribution in [0.5, 0.6) is 0 Å². The lowest BCUT2D eigenvalue weighted by atomic mass is 10.1. The fraction of sp³-hybridized carbons (Fsp3) is 0.273. The molecule has 1 fully saturated rings. The van der Waals surface area contributed by atoms with Crippen LogP contribution in [0, 0.1) is 0 Å². The molecule has 138 valence electrons. The number of amides is 1. The molecule has 0 atom stereocenters. The van der Waals surface area contributed by atoms with Gasteiger partial charge in [-0.1, -0.05) is 42.5 Å². The molecule has 0 bridgehead atoms. The summed E-state index contributed by atoms with van der Waals surface area (Å²) in [7, 11) is 0. The van der Waals surface area contributed by atoms with Crippen LogP contribution in [0.4, 0.5) is 0 Å². The summed E-state index contributed by atoms with van der Waals surface area (Å²) in [6, 6.07) is 18.1. The van der Waals surface area contributed by atoms with Gasteiger partial charge in [0.25, 0.3) is 5.91 Å². The molecular formula is C22H24N4O. The van der Waals surface area contributed by atoms with Crippen molar-refractivity contribution < 1.29 is 4.79 Å². The average molecular weight is 360 g/mol. The number of aromatic nitrogens is 2. The van der Waals surface area contributed by atoms with E-state index in [9.17, 15) is 4.79 Å². The predicted octanol–water partition coefficient (Wildman–Crippen LogP) is 3.40. The molecule has 1 aliphatic heterocycles. The Hall–Kier alpha value is -2.92. The largest absolute Gasteiger partial charge is 0.348 e. The average Bonchev–Trinajstić information content (AvgIpc) is 3.40. The topological polar surface area (TPSA) is 50.2 Å². The summed E-state index contributed by atoms with van der Waals surface area (Å²) >= 11 is 0. The zero-order valence-electron chi connectivity index (χ0n) is 15.3. The SMILES string of the molecule is O=C(NCc1ccccc1CN1CCCC1)c1cnn(-c2ccccc2)c1. The van der Waals surface area contributed by atoms with Crippen LogP contribution in [0.1, 0.15) is 34.3 Å². The molecule has 4 rings (SSSR count). The summed E-state index contributed by atoms with van der Waals surface area (Å²) in [6.45, 7) is 3.82. The fourth-order valence-corrected chi connectivity index (χ4v) is 3.51. The Labute approximate surface area is 159 Å². The minimum absolute atomic E-state index is 0.104. The molecule has 2 aromatic carbocycles. The quantitative estimate of drug-likeness (QED) is 0.733. The zero-order valence-corrected chi connectivity index (χ0v) is 15.3. The van der Waals surface area contributed by atoms with E-state index in [1.54, 1.807) is 17.1 Å². The number of nitrogens with one attached hydrogen (secondary N) is 1. The van der Waals surface area contributed by atoms with Gasteiger partial charge in [0.15, 0.2) is 0 Å². The van der Waals surface area contributed by atoms with Gasteiger partial charge < -0.3 is 5.32 Å². The number of benzene rings is 2. The van der Waals surface area contributed by atoms with Crippen LogP contribution < -0.4 is 5.32 Å². The van der Waals surface area contributed by atoms with Crippen LogP contribution >= 0.6 is 0 Å². The van der Waals surface area contributed by atoms with Gasteiger partial charge in [-0.15, -0.1) is 0 Å². The number of nitrogens with zero attached hydrogens (tertiary/aromatic N) is 3. The molecule has 2 heterocycles. The van der Waals surface area contributed by atoms with Gasteiger partial charge in [-0.3, -0.25) is 9.69 Å². The Morgan fingerprint density at radius 2 is 1.67 bits per heavy atom. The summed E-state index contributed by atoms with van der Waals surface area (Å²) in [4.78, 5) is 15.0. The highest BCUT2D eigenvalue weighted by Crippen LogP contribution is 2.16. The Bertz CT molecular complexity index is 897. The molecule has 0 saturated carbocycles. The third kappa shape index (κ3) is 4.26. The number of hydrogen-bond donors (Lipinski definition) is 1. The van der Waals surface area contributed by atoms with E-state index in [-0.39, 0.29) is 5.91 Å². The van der Waals surface area contributed by atoms with Crippen LogP contribution in [0.2, 0.25) is 0 Å². The molecule has 0 spiro atoms. The number of rotatable bonds is 6. The molecule has 27 heavy (non-hydrogen) atoms. The lowest BCUT2D eigenvalue weighted by Crippen LogP contribution is -2.24. The van der Waals surface area contributed by atoms with Crippen molar-refractivity contribution in [2.75, 3.05) is 13.1 Å². The van der Waals surface area contributed by atoms with Crippen molar-refractivity contribution in [3.05, 3.63) is 83.7 Å². The Morgan fingerprint density at radius 1 is 0.963 bits per heavy atom. The van der Waals surface area contributed by atoms with Gasteiger partial charge in [0.2, 0.25) is 0 Å². The molecule has 1 N–H and O–H groups in total. The molecule has 0 radical (unpaired) electrons. The minimum atomic E-state index is -0.104. The Balaban J connectivity index is 1.40. The molecule has 5 nitrogen and oxygen atoms in total. The van der Waals surface area contributed by atoms with Gasteiger partial charge in [-0.2, -0.15) is 5.10 Å². The first-order chi connectivity index (χ1) is 13.3.